The molecule has 19 heavy (non-hydrogen) atoms. The molecule has 2 N–H and O–H groups in total. The van der Waals surface area contributed by atoms with Crippen LogP contribution in [0, 0.1) is 0 Å². The Morgan fingerprint density at radius 2 is 1.79 bits per heavy atom. The van der Waals surface area contributed by atoms with Crippen LogP contribution < -0.4 is 10.5 Å². The van der Waals surface area contributed by atoms with Gasteiger partial charge in [0.15, 0.2) is 0 Å². The normalized spacial score (nSPS) is 24.4. The lowest BCUT2D eigenvalue weighted by Crippen LogP contribution is -2.45. The zero-order valence-electron chi connectivity index (χ0n) is 12.1. The van der Waals surface area contributed by atoms with Gasteiger partial charge in [0, 0.05) is 25.2 Å². The molecule has 0 bridgehead atoms. The Morgan fingerprint density at radius 1 is 1.16 bits per heavy atom. The predicted molar refractivity (Wildman–Crippen MR) is 79.3 cm³/mol. The van der Waals surface area contributed by atoms with E-state index in [0.717, 1.165) is 24.5 Å². The fourth-order valence-corrected chi connectivity index (χ4v) is 2.91. The third-order valence-electron chi connectivity index (χ3n) is 4.15. The highest BCUT2D eigenvalue weighted by atomic mass is 16.5. The number of benzene rings is 1. The van der Waals surface area contributed by atoms with Crippen molar-refractivity contribution in [2.45, 2.75) is 51.7 Å². The SMILES string of the molecule is CC1CCCC(C)N1CCOc1ccc(CN)cc1. The first-order valence-corrected chi connectivity index (χ1v) is 7.38. The van der Waals surface area contributed by atoms with Crippen LogP contribution in [0.5, 0.6) is 5.75 Å². The molecule has 1 heterocycles. The van der Waals surface area contributed by atoms with E-state index < -0.39 is 0 Å². The zero-order valence-corrected chi connectivity index (χ0v) is 12.1. The molecule has 2 atom stereocenters. The average Bonchev–Trinajstić information content (AvgIpc) is 2.43. The molecule has 0 aliphatic carbocycles. The molecule has 0 spiro atoms. The minimum Gasteiger partial charge on any atom is -0.492 e. The molecular weight excluding hydrogens is 236 g/mol. The quantitative estimate of drug-likeness (QED) is 0.887. The van der Waals surface area contributed by atoms with Gasteiger partial charge in [-0.15, -0.1) is 0 Å². The molecule has 106 valence electrons. The number of rotatable bonds is 5. The second kappa shape index (κ2) is 6.92. The minimum absolute atomic E-state index is 0.586. The Hall–Kier alpha value is -1.06. The van der Waals surface area contributed by atoms with Gasteiger partial charge >= 0.3 is 0 Å². The van der Waals surface area contributed by atoms with E-state index in [-0.39, 0.29) is 0 Å². The highest BCUT2D eigenvalue weighted by molar-refractivity contribution is 5.27. The molecule has 2 rings (SSSR count). The van der Waals surface area contributed by atoms with Gasteiger partial charge < -0.3 is 10.5 Å². The summed E-state index contributed by atoms with van der Waals surface area (Å²) in [7, 11) is 0. The van der Waals surface area contributed by atoms with E-state index in [1.165, 1.54) is 19.3 Å². The number of ether oxygens (including phenoxy) is 1. The van der Waals surface area contributed by atoms with Gasteiger partial charge in [0.1, 0.15) is 12.4 Å². The van der Waals surface area contributed by atoms with Gasteiger partial charge in [-0.2, -0.15) is 0 Å². The zero-order chi connectivity index (χ0) is 13.7. The van der Waals surface area contributed by atoms with E-state index in [1.54, 1.807) is 0 Å². The van der Waals surface area contributed by atoms with Crippen LogP contribution in [0.15, 0.2) is 24.3 Å². The summed E-state index contributed by atoms with van der Waals surface area (Å²) >= 11 is 0. The van der Waals surface area contributed by atoms with Crippen molar-refractivity contribution in [2.75, 3.05) is 13.2 Å². The maximum atomic E-state index is 5.82. The Bertz CT molecular complexity index is 367. The van der Waals surface area contributed by atoms with Crippen LogP contribution in [0.25, 0.3) is 0 Å². The first-order valence-electron chi connectivity index (χ1n) is 7.38. The van der Waals surface area contributed by atoms with Crippen LogP contribution >= 0.6 is 0 Å². The number of piperidine rings is 1. The maximum Gasteiger partial charge on any atom is 0.119 e. The van der Waals surface area contributed by atoms with Crippen LogP contribution in [-0.2, 0) is 6.54 Å². The molecule has 2 unspecified atom stereocenters. The van der Waals surface area contributed by atoms with Crippen LogP contribution in [0.3, 0.4) is 0 Å². The minimum atomic E-state index is 0.586. The van der Waals surface area contributed by atoms with Gasteiger partial charge in [0.05, 0.1) is 0 Å². The van der Waals surface area contributed by atoms with Crippen molar-refractivity contribution >= 4 is 0 Å². The molecule has 0 aromatic heterocycles. The highest BCUT2D eigenvalue weighted by Gasteiger charge is 2.23. The Kier molecular flexibility index (Phi) is 5.23. The van der Waals surface area contributed by atoms with Crippen molar-refractivity contribution in [1.29, 1.82) is 0 Å². The first-order chi connectivity index (χ1) is 9.20. The molecule has 1 aliphatic heterocycles. The van der Waals surface area contributed by atoms with Crippen LogP contribution in [0.1, 0.15) is 38.7 Å². The summed E-state index contributed by atoms with van der Waals surface area (Å²) in [6.45, 7) is 7.01. The second-order valence-electron chi connectivity index (χ2n) is 5.56. The maximum absolute atomic E-state index is 5.82. The van der Waals surface area contributed by atoms with Crippen molar-refractivity contribution < 1.29 is 4.74 Å². The number of hydrogen-bond donors (Lipinski definition) is 1. The fraction of sp³-hybridized carbons (Fsp3) is 0.625. The van der Waals surface area contributed by atoms with Gasteiger partial charge in [0.25, 0.3) is 0 Å². The summed E-state index contributed by atoms with van der Waals surface area (Å²) in [6.07, 6.45) is 3.99. The van der Waals surface area contributed by atoms with E-state index in [0.29, 0.717) is 18.6 Å². The van der Waals surface area contributed by atoms with Crippen molar-refractivity contribution in [3.8, 4) is 5.75 Å². The lowest BCUT2D eigenvalue weighted by molar-refractivity contribution is 0.0851. The van der Waals surface area contributed by atoms with Crippen LogP contribution in [0.2, 0.25) is 0 Å². The molecule has 3 heteroatoms. The highest BCUT2D eigenvalue weighted by Crippen LogP contribution is 2.22. The van der Waals surface area contributed by atoms with E-state index in [9.17, 15) is 0 Å². The Labute approximate surface area is 116 Å². The molecular formula is C16H26N2O. The second-order valence-corrected chi connectivity index (χ2v) is 5.56. The third-order valence-corrected chi connectivity index (χ3v) is 4.15. The van der Waals surface area contributed by atoms with Crippen molar-refractivity contribution in [3.63, 3.8) is 0 Å². The summed E-state index contributed by atoms with van der Waals surface area (Å²) in [4.78, 5) is 2.57. The molecule has 1 aromatic carbocycles. The first kappa shape index (κ1) is 14.4. The molecule has 1 fully saturated rings. The van der Waals surface area contributed by atoms with E-state index in [4.69, 9.17) is 10.5 Å². The van der Waals surface area contributed by atoms with Gasteiger partial charge in [0.2, 0.25) is 0 Å². The molecule has 0 amide bonds. The van der Waals surface area contributed by atoms with Crippen molar-refractivity contribution in [3.05, 3.63) is 29.8 Å². The third kappa shape index (κ3) is 3.95. The summed E-state index contributed by atoms with van der Waals surface area (Å²) in [5, 5.41) is 0. The fourth-order valence-electron chi connectivity index (χ4n) is 2.91. The molecule has 1 aromatic rings. The van der Waals surface area contributed by atoms with Crippen LogP contribution in [0.4, 0.5) is 0 Å². The monoisotopic (exact) mass is 262 g/mol. The topological polar surface area (TPSA) is 38.5 Å². The van der Waals surface area contributed by atoms with E-state index in [2.05, 4.69) is 18.7 Å². The van der Waals surface area contributed by atoms with E-state index >= 15 is 0 Å². The summed E-state index contributed by atoms with van der Waals surface area (Å²) in [5.74, 6) is 0.939. The molecule has 3 nitrogen and oxygen atoms in total. The molecule has 1 aliphatic rings. The lowest BCUT2D eigenvalue weighted by Gasteiger charge is -2.38. The van der Waals surface area contributed by atoms with Crippen molar-refractivity contribution in [1.82, 2.24) is 4.90 Å². The van der Waals surface area contributed by atoms with Gasteiger partial charge in [-0.25, -0.2) is 0 Å². The number of likely N-dealkylation sites (tertiary alicyclic amines) is 1. The number of nitrogens with two attached hydrogens (primary N) is 1. The van der Waals surface area contributed by atoms with Gasteiger partial charge in [-0.1, -0.05) is 18.6 Å². The lowest BCUT2D eigenvalue weighted by atomic mass is 9.98. The summed E-state index contributed by atoms with van der Waals surface area (Å²) in [6, 6.07) is 9.44. The van der Waals surface area contributed by atoms with Crippen molar-refractivity contribution in [2.24, 2.45) is 5.73 Å². The number of hydrogen-bond acceptors (Lipinski definition) is 3. The van der Waals surface area contributed by atoms with Crippen LogP contribution in [-0.4, -0.2) is 30.1 Å². The Balaban J connectivity index is 1.78. The molecule has 0 saturated carbocycles. The predicted octanol–water partition coefficient (Wildman–Crippen LogP) is 2.79. The summed E-state index contributed by atoms with van der Waals surface area (Å²) in [5.41, 5.74) is 6.72. The van der Waals surface area contributed by atoms with Gasteiger partial charge in [-0.3, -0.25) is 4.90 Å². The molecule has 0 radical (unpaired) electrons. The molecule has 1 saturated heterocycles. The largest absolute Gasteiger partial charge is 0.492 e. The summed E-state index contributed by atoms with van der Waals surface area (Å²) < 4.78 is 5.82. The van der Waals surface area contributed by atoms with E-state index in [1.807, 2.05) is 24.3 Å². The smallest absolute Gasteiger partial charge is 0.119 e. The Morgan fingerprint density at radius 3 is 2.37 bits per heavy atom. The standard InChI is InChI=1S/C16H26N2O/c1-13-4-3-5-14(2)18(13)10-11-19-16-8-6-15(12-17)7-9-16/h6-9,13-14H,3-5,10-12,17H2,1-2H3. The number of nitrogens with zero attached hydrogens (tertiary/aromatic N) is 1. The average molecular weight is 262 g/mol. The van der Waals surface area contributed by atoms with Gasteiger partial charge in [-0.05, 0) is 44.4 Å².